The van der Waals surface area contributed by atoms with Crippen molar-refractivity contribution in [2.24, 2.45) is 0 Å². The number of carbonyl (C=O) groups is 1. The minimum atomic E-state index is -0.249. The number of Topliss-reactive ketones (excluding diaryl/α,β-unsaturated/α-hetero) is 1. The Hall–Kier alpha value is -4.65. The van der Waals surface area contributed by atoms with Crippen LogP contribution in [0.2, 0.25) is 0 Å². The second kappa shape index (κ2) is 12.3. The summed E-state index contributed by atoms with van der Waals surface area (Å²) in [6.45, 7) is 0. The molecule has 4 rings (SSSR count). The SMILES string of the molecule is COc1cc(O)c(C(CCc2ccc(O)cc2OC)c2ccc(O)cc2)cc1CCC(=O)c1ccc(O)cc1. The number of carbonyl (C=O) groups excluding carboxylic acids is 1. The smallest absolute Gasteiger partial charge is 0.163 e. The maximum absolute atomic E-state index is 12.8. The lowest BCUT2D eigenvalue weighted by Gasteiger charge is -2.22. The predicted octanol–water partition coefficient (Wildman–Crippen LogP) is 6.11. The zero-order valence-corrected chi connectivity index (χ0v) is 21.9. The lowest BCUT2D eigenvalue weighted by atomic mass is 9.84. The van der Waals surface area contributed by atoms with E-state index < -0.39 is 0 Å². The molecule has 0 heterocycles. The van der Waals surface area contributed by atoms with Gasteiger partial charge in [-0.3, -0.25) is 4.79 Å². The summed E-state index contributed by atoms with van der Waals surface area (Å²) in [5.74, 6) is 1.17. The van der Waals surface area contributed by atoms with Gasteiger partial charge in [-0.1, -0.05) is 18.2 Å². The van der Waals surface area contributed by atoms with E-state index in [9.17, 15) is 25.2 Å². The molecule has 4 aromatic carbocycles. The van der Waals surface area contributed by atoms with Crippen molar-refractivity contribution in [3.8, 4) is 34.5 Å². The molecule has 0 saturated heterocycles. The van der Waals surface area contributed by atoms with E-state index >= 15 is 0 Å². The van der Waals surface area contributed by atoms with Crippen LogP contribution >= 0.6 is 0 Å². The number of ether oxygens (including phenoxy) is 2. The van der Waals surface area contributed by atoms with Crippen LogP contribution < -0.4 is 9.47 Å². The minimum absolute atomic E-state index is 0.0659. The van der Waals surface area contributed by atoms with E-state index in [1.165, 1.54) is 19.2 Å². The summed E-state index contributed by atoms with van der Waals surface area (Å²) in [4.78, 5) is 12.8. The molecule has 7 heteroatoms. The largest absolute Gasteiger partial charge is 0.508 e. The first kappa shape index (κ1) is 27.4. The number of aromatic hydroxyl groups is 4. The Kier molecular flexibility index (Phi) is 8.61. The molecule has 1 atom stereocenters. The molecule has 0 fully saturated rings. The van der Waals surface area contributed by atoms with E-state index in [1.54, 1.807) is 49.6 Å². The van der Waals surface area contributed by atoms with Crippen LogP contribution in [0.15, 0.2) is 78.9 Å². The number of phenolic OH excluding ortho intramolecular Hbond substituents is 4. The molecule has 0 bridgehead atoms. The third-order valence-corrected chi connectivity index (χ3v) is 6.88. The summed E-state index contributed by atoms with van der Waals surface area (Å²) in [7, 11) is 3.07. The highest BCUT2D eigenvalue weighted by molar-refractivity contribution is 5.96. The van der Waals surface area contributed by atoms with E-state index in [4.69, 9.17) is 9.47 Å². The normalized spacial score (nSPS) is 11.6. The van der Waals surface area contributed by atoms with E-state index in [0.29, 0.717) is 41.9 Å². The summed E-state index contributed by atoms with van der Waals surface area (Å²) in [5, 5.41) is 40.3. The molecule has 4 aromatic rings. The molecule has 1 unspecified atom stereocenters. The summed E-state index contributed by atoms with van der Waals surface area (Å²) in [6, 6.07) is 21.5. The second-order valence-corrected chi connectivity index (χ2v) is 9.37. The maximum atomic E-state index is 12.8. The highest BCUT2D eigenvalue weighted by atomic mass is 16.5. The van der Waals surface area contributed by atoms with Crippen molar-refractivity contribution >= 4 is 5.78 Å². The first-order valence-electron chi connectivity index (χ1n) is 12.7. The van der Waals surface area contributed by atoms with Gasteiger partial charge in [0, 0.05) is 35.6 Å². The lowest BCUT2D eigenvalue weighted by molar-refractivity contribution is 0.0982. The van der Waals surface area contributed by atoms with Gasteiger partial charge in [0.2, 0.25) is 0 Å². The fourth-order valence-electron chi connectivity index (χ4n) is 4.79. The summed E-state index contributed by atoms with van der Waals surface area (Å²) in [5.41, 5.74) is 3.77. The quantitative estimate of drug-likeness (QED) is 0.174. The minimum Gasteiger partial charge on any atom is -0.508 e. The Labute approximate surface area is 227 Å². The Balaban J connectivity index is 1.66. The van der Waals surface area contributed by atoms with Gasteiger partial charge in [0.15, 0.2) is 5.78 Å². The standard InChI is InChI=1S/C32H32O7/c1-38-31-18-26(35)14-7-22(31)8-15-27(20-3-10-24(33)11-4-20)28-17-23(32(39-2)19-30(28)37)9-16-29(36)21-5-12-25(34)13-6-21/h3-7,10-14,17-19,27,33-35,37H,8-9,15-16H2,1-2H3. The van der Waals surface area contributed by atoms with Gasteiger partial charge in [0.1, 0.15) is 34.5 Å². The van der Waals surface area contributed by atoms with Crippen molar-refractivity contribution in [1.29, 1.82) is 0 Å². The number of ketones is 1. The summed E-state index contributed by atoms with van der Waals surface area (Å²) < 4.78 is 11.0. The molecule has 7 nitrogen and oxygen atoms in total. The van der Waals surface area contributed by atoms with Crippen LogP contribution in [0.5, 0.6) is 34.5 Å². The van der Waals surface area contributed by atoms with E-state index in [-0.39, 0.29) is 41.1 Å². The molecule has 0 amide bonds. The Morgan fingerprint density at radius 1 is 0.692 bits per heavy atom. The van der Waals surface area contributed by atoms with Crippen molar-refractivity contribution < 1.29 is 34.7 Å². The van der Waals surface area contributed by atoms with Crippen LogP contribution in [0.1, 0.15) is 51.4 Å². The number of rotatable bonds is 11. The van der Waals surface area contributed by atoms with Crippen molar-refractivity contribution in [1.82, 2.24) is 0 Å². The zero-order chi connectivity index (χ0) is 27.9. The molecule has 39 heavy (non-hydrogen) atoms. The lowest BCUT2D eigenvalue weighted by Crippen LogP contribution is -2.07. The van der Waals surface area contributed by atoms with E-state index in [0.717, 1.165) is 16.7 Å². The van der Waals surface area contributed by atoms with Crippen LogP contribution in [0.4, 0.5) is 0 Å². The van der Waals surface area contributed by atoms with Gasteiger partial charge < -0.3 is 29.9 Å². The fourth-order valence-corrected chi connectivity index (χ4v) is 4.79. The van der Waals surface area contributed by atoms with Gasteiger partial charge in [-0.05, 0) is 84.5 Å². The zero-order valence-electron chi connectivity index (χ0n) is 21.9. The van der Waals surface area contributed by atoms with E-state index in [1.807, 2.05) is 24.3 Å². The van der Waals surface area contributed by atoms with Gasteiger partial charge in [-0.15, -0.1) is 0 Å². The second-order valence-electron chi connectivity index (χ2n) is 9.37. The third kappa shape index (κ3) is 6.62. The van der Waals surface area contributed by atoms with Crippen LogP contribution in [-0.2, 0) is 12.8 Å². The molecular formula is C32H32O7. The maximum Gasteiger partial charge on any atom is 0.163 e. The number of benzene rings is 4. The Bertz CT molecular complexity index is 1430. The number of methoxy groups -OCH3 is 2. The molecule has 0 aromatic heterocycles. The average molecular weight is 529 g/mol. The van der Waals surface area contributed by atoms with Crippen LogP contribution in [0, 0.1) is 0 Å². The molecule has 0 radical (unpaired) electrons. The molecule has 0 saturated carbocycles. The molecule has 0 aliphatic carbocycles. The van der Waals surface area contributed by atoms with Gasteiger partial charge >= 0.3 is 0 Å². The fraction of sp³-hybridized carbons (Fsp3) is 0.219. The van der Waals surface area contributed by atoms with E-state index in [2.05, 4.69) is 0 Å². The molecule has 4 N–H and O–H groups in total. The Morgan fingerprint density at radius 3 is 1.92 bits per heavy atom. The monoisotopic (exact) mass is 528 g/mol. The van der Waals surface area contributed by atoms with Gasteiger partial charge in [0.05, 0.1) is 14.2 Å². The van der Waals surface area contributed by atoms with Gasteiger partial charge in [0.25, 0.3) is 0 Å². The molecule has 202 valence electrons. The van der Waals surface area contributed by atoms with Crippen molar-refractivity contribution in [2.45, 2.75) is 31.6 Å². The van der Waals surface area contributed by atoms with Crippen molar-refractivity contribution in [3.05, 3.63) is 107 Å². The van der Waals surface area contributed by atoms with Crippen molar-refractivity contribution in [2.75, 3.05) is 14.2 Å². The Morgan fingerprint density at radius 2 is 1.28 bits per heavy atom. The molecular weight excluding hydrogens is 496 g/mol. The van der Waals surface area contributed by atoms with Gasteiger partial charge in [-0.2, -0.15) is 0 Å². The van der Waals surface area contributed by atoms with Crippen LogP contribution in [-0.4, -0.2) is 40.4 Å². The number of aryl methyl sites for hydroxylation is 2. The highest BCUT2D eigenvalue weighted by Crippen LogP contribution is 2.40. The van der Waals surface area contributed by atoms with Gasteiger partial charge in [-0.25, -0.2) is 0 Å². The number of phenols is 4. The third-order valence-electron chi connectivity index (χ3n) is 6.88. The molecule has 0 aliphatic heterocycles. The van der Waals surface area contributed by atoms with Crippen LogP contribution in [0.25, 0.3) is 0 Å². The van der Waals surface area contributed by atoms with Crippen LogP contribution in [0.3, 0.4) is 0 Å². The molecule has 0 aliphatic rings. The predicted molar refractivity (Wildman–Crippen MR) is 148 cm³/mol. The summed E-state index contributed by atoms with van der Waals surface area (Å²) in [6.07, 6.45) is 1.80. The van der Waals surface area contributed by atoms with Crippen molar-refractivity contribution in [3.63, 3.8) is 0 Å². The molecule has 0 spiro atoms. The summed E-state index contributed by atoms with van der Waals surface area (Å²) >= 11 is 0. The average Bonchev–Trinajstić information content (AvgIpc) is 2.94. The topological polar surface area (TPSA) is 116 Å². The first-order valence-corrected chi connectivity index (χ1v) is 12.7. The number of hydrogen-bond acceptors (Lipinski definition) is 7. The first-order chi connectivity index (χ1) is 18.8. The highest BCUT2D eigenvalue weighted by Gasteiger charge is 2.22. The number of hydrogen-bond donors (Lipinski definition) is 4.